The van der Waals surface area contributed by atoms with Gasteiger partial charge in [0.1, 0.15) is 5.82 Å². The number of carboxylic acids is 1. The van der Waals surface area contributed by atoms with Gasteiger partial charge >= 0.3 is 5.97 Å². The standard InChI is InChI=1S/C11H14FNO3S/c1-7(6-17(2)16)13-10-4-3-8(11(14)15)5-9(10)12/h3-5,7,13H,6H2,1-2H3,(H,14,15). The van der Waals surface area contributed by atoms with Gasteiger partial charge < -0.3 is 10.4 Å². The second kappa shape index (κ2) is 5.77. The number of anilines is 1. The Kier molecular flexibility index (Phi) is 4.62. The summed E-state index contributed by atoms with van der Waals surface area (Å²) in [6.45, 7) is 1.78. The van der Waals surface area contributed by atoms with Crippen LogP contribution in [-0.2, 0) is 10.8 Å². The maximum absolute atomic E-state index is 13.5. The Balaban J connectivity index is 2.79. The van der Waals surface area contributed by atoms with E-state index in [2.05, 4.69) is 5.32 Å². The summed E-state index contributed by atoms with van der Waals surface area (Å²) in [5.41, 5.74) is 0.118. The first-order chi connectivity index (χ1) is 7.90. The average molecular weight is 259 g/mol. The first kappa shape index (κ1) is 13.6. The number of benzene rings is 1. The molecule has 2 unspecified atom stereocenters. The van der Waals surface area contributed by atoms with Crippen LogP contribution in [0.1, 0.15) is 17.3 Å². The molecule has 0 bridgehead atoms. The summed E-state index contributed by atoms with van der Waals surface area (Å²) < 4.78 is 24.5. The predicted molar refractivity (Wildman–Crippen MR) is 65.4 cm³/mol. The molecule has 4 nitrogen and oxygen atoms in total. The number of carbonyl (C=O) groups is 1. The van der Waals surface area contributed by atoms with Crippen LogP contribution in [0.15, 0.2) is 18.2 Å². The minimum absolute atomic E-state index is 0.0974. The largest absolute Gasteiger partial charge is 0.478 e. The van der Waals surface area contributed by atoms with Crippen molar-refractivity contribution in [1.29, 1.82) is 0 Å². The van der Waals surface area contributed by atoms with Gasteiger partial charge in [-0.05, 0) is 25.1 Å². The van der Waals surface area contributed by atoms with Crippen molar-refractivity contribution >= 4 is 22.5 Å². The molecule has 2 atom stereocenters. The Labute approximate surface area is 101 Å². The summed E-state index contributed by atoms with van der Waals surface area (Å²) in [5, 5.41) is 11.5. The predicted octanol–water partition coefficient (Wildman–Crippen LogP) is 1.70. The SMILES string of the molecule is CC(CS(C)=O)Nc1ccc(C(=O)O)cc1F. The van der Waals surface area contributed by atoms with E-state index < -0.39 is 22.6 Å². The second-order valence-electron chi connectivity index (χ2n) is 3.79. The number of nitrogens with one attached hydrogen (secondary N) is 1. The zero-order valence-corrected chi connectivity index (χ0v) is 10.4. The van der Waals surface area contributed by atoms with Gasteiger partial charge in [0.25, 0.3) is 0 Å². The lowest BCUT2D eigenvalue weighted by Crippen LogP contribution is -2.22. The summed E-state index contributed by atoms with van der Waals surface area (Å²) in [4.78, 5) is 10.6. The molecule has 1 aromatic carbocycles. The van der Waals surface area contributed by atoms with E-state index >= 15 is 0 Å². The van der Waals surface area contributed by atoms with Crippen LogP contribution in [0.4, 0.5) is 10.1 Å². The zero-order chi connectivity index (χ0) is 13.0. The van der Waals surface area contributed by atoms with E-state index in [1.807, 2.05) is 0 Å². The fraction of sp³-hybridized carbons (Fsp3) is 0.364. The van der Waals surface area contributed by atoms with Crippen LogP contribution in [0, 0.1) is 5.82 Å². The Morgan fingerprint density at radius 1 is 1.59 bits per heavy atom. The first-order valence-electron chi connectivity index (χ1n) is 4.99. The second-order valence-corrected chi connectivity index (χ2v) is 5.26. The summed E-state index contributed by atoms with van der Waals surface area (Å²) in [5.74, 6) is -1.39. The van der Waals surface area contributed by atoms with E-state index in [0.717, 1.165) is 6.07 Å². The lowest BCUT2D eigenvalue weighted by Gasteiger charge is -2.14. The molecule has 0 radical (unpaired) electrons. The van der Waals surface area contributed by atoms with Gasteiger partial charge in [0.15, 0.2) is 0 Å². The molecule has 2 N–H and O–H groups in total. The highest BCUT2D eigenvalue weighted by Gasteiger charge is 2.10. The third kappa shape index (κ3) is 4.14. The number of hydrogen-bond donors (Lipinski definition) is 2. The van der Waals surface area contributed by atoms with Gasteiger partial charge in [-0.25, -0.2) is 9.18 Å². The van der Waals surface area contributed by atoms with Gasteiger partial charge in [0, 0.05) is 28.9 Å². The summed E-state index contributed by atoms with van der Waals surface area (Å²) in [7, 11) is -0.967. The zero-order valence-electron chi connectivity index (χ0n) is 9.57. The molecule has 0 saturated carbocycles. The molecule has 17 heavy (non-hydrogen) atoms. The molecule has 1 aromatic rings. The van der Waals surface area contributed by atoms with E-state index in [1.165, 1.54) is 12.1 Å². The Morgan fingerprint density at radius 2 is 2.24 bits per heavy atom. The van der Waals surface area contributed by atoms with Crippen molar-refractivity contribution in [3.63, 3.8) is 0 Å². The van der Waals surface area contributed by atoms with Crippen molar-refractivity contribution in [3.8, 4) is 0 Å². The molecule has 0 fully saturated rings. The fourth-order valence-electron chi connectivity index (χ4n) is 1.42. The quantitative estimate of drug-likeness (QED) is 0.844. The monoisotopic (exact) mass is 259 g/mol. The number of aromatic carboxylic acids is 1. The van der Waals surface area contributed by atoms with Crippen molar-refractivity contribution in [2.45, 2.75) is 13.0 Å². The third-order valence-electron chi connectivity index (χ3n) is 2.10. The van der Waals surface area contributed by atoms with Crippen molar-refractivity contribution < 1.29 is 18.5 Å². The van der Waals surface area contributed by atoms with Crippen molar-refractivity contribution in [2.24, 2.45) is 0 Å². The molecule has 0 aliphatic heterocycles. The highest BCUT2D eigenvalue weighted by Crippen LogP contribution is 2.16. The molecule has 1 rings (SSSR count). The molecular weight excluding hydrogens is 245 g/mol. The van der Waals surface area contributed by atoms with Gasteiger partial charge in [0.05, 0.1) is 11.3 Å². The smallest absolute Gasteiger partial charge is 0.335 e. The fourth-order valence-corrected chi connectivity index (χ4v) is 2.21. The van der Waals surface area contributed by atoms with Crippen molar-refractivity contribution in [1.82, 2.24) is 0 Å². The maximum atomic E-state index is 13.5. The van der Waals surface area contributed by atoms with Crippen LogP contribution in [0.25, 0.3) is 0 Å². The highest BCUT2D eigenvalue weighted by molar-refractivity contribution is 7.84. The maximum Gasteiger partial charge on any atom is 0.335 e. The van der Waals surface area contributed by atoms with Crippen LogP contribution in [0.2, 0.25) is 0 Å². The molecule has 0 heterocycles. The lowest BCUT2D eigenvalue weighted by atomic mass is 10.2. The van der Waals surface area contributed by atoms with Gasteiger partial charge in [-0.2, -0.15) is 0 Å². The average Bonchev–Trinajstić information content (AvgIpc) is 2.19. The summed E-state index contributed by atoms with van der Waals surface area (Å²) >= 11 is 0. The van der Waals surface area contributed by atoms with E-state index in [1.54, 1.807) is 13.2 Å². The van der Waals surface area contributed by atoms with Gasteiger partial charge in [-0.15, -0.1) is 0 Å². The molecule has 0 saturated heterocycles. The number of carboxylic acid groups (broad SMARTS) is 1. The molecule has 0 amide bonds. The highest BCUT2D eigenvalue weighted by atomic mass is 32.2. The van der Waals surface area contributed by atoms with Crippen molar-refractivity contribution in [2.75, 3.05) is 17.3 Å². The molecular formula is C11H14FNO3S. The molecule has 94 valence electrons. The topological polar surface area (TPSA) is 66.4 Å². The third-order valence-corrected chi connectivity index (χ3v) is 3.07. The van der Waals surface area contributed by atoms with Gasteiger partial charge in [-0.1, -0.05) is 0 Å². The van der Waals surface area contributed by atoms with E-state index in [-0.39, 0.29) is 17.3 Å². The molecule has 0 aliphatic rings. The Hall–Kier alpha value is -1.43. The Morgan fingerprint density at radius 3 is 2.71 bits per heavy atom. The molecule has 0 spiro atoms. The van der Waals surface area contributed by atoms with Crippen LogP contribution < -0.4 is 5.32 Å². The summed E-state index contributed by atoms with van der Waals surface area (Å²) in [6.07, 6.45) is 1.57. The molecule has 0 aromatic heterocycles. The normalized spacial score (nSPS) is 14.1. The number of hydrogen-bond acceptors (Lipinski definition) is 3. The minimum Gasteiger partial charge on any atom is -0.478 e. The van der Waals surface area contributed by atoms with E-state index in [0.29, 0.717) is 5.75 Å². The Bertz CT molecular complexity index is 450. The van der Waals surface area contributed by atoms with Crippen LogP contribution in [0.5, 0.6) is 0 Å². The van der Waals surface area contributed by atoms with Crippen LogP contribution in [0.3, 0.4) is 0 Å². The summed E-state index contributed by atoms with van der Waals surface area (Å²) in [6, 6.07) is 3.50. The minimum atomic E-state index is -1.17. The van der Waals surface area contributed by atoms with E-state index in [9.17, 15) is 13.4 Å². The van der Waals surface area contributed by atoms with E-state index in [4.69, 9.17) is 5.11 Å². The van der Waals surface area contributed by atoms with Crippen LogP contribution >= 0.6 is 0 Å². The number of halogens is 1. The van der Waals surface area contributed by atoms with Gasteiger partial charge in [0.2, 0.25) is 0 Å². The molecule has 6 heteroatoms. The van der Waals surface area contributed by atoms with Gasteiger partial charge in [-0.3, -0.25) is 4.21 Å². The lowest BCUT2D eigenvalue weighted by molar-refractivity contribution is 0.0696. The number of rotatable bonds is 5. The van der Waals surface area contributed by atoms with Crippen molar-refractivity contribution in [3.05, 3.63) is 29.6 Å². The molecule has 0 aliphatic carbocycles. The van der Waals surface area contributed by atoms with Crippen LogP contribution in [-0.4, -0.2) is 33.3 Å². The first-order valence-corrected chi connectivity index (χ1v) is 6.72.